The Bertz CT molecular complexity index is 522. The second-order valence-corrected chi connectivity index (χ2v) is 5.37. The van der Waals surface area contributed by atoms with Crippen LogP contribution in [-0.2, 0) is 0 Å². The fourth-order valence-corrected chi connectivity index (χ4v) is 2.52. The minimum Gasteiger partial charge on any atom is -0.399 e. The van der Waals surface area contributed by atoms with Crippen LogP contribution in [0.4, 0.5) is 15.8 Å². The lowest BCUT2D eigenvalue weighted by molar-refractivity contribution is 0.628. The summed E-state index contributed by atoms with van der Waals surface area (Å²) in [6, 6.07) is 8.91. The maximum Gasteiger partial charge on any atom is 0.148 e. The number of hydrogen-bond donors (Lipinski definition) is 2. The average molecular weight is 250 g/mol. The summed E-state index contributed by atoms with van der Waals surface area (Å²) in [4.78, 5) is 2.45. The van der Waals surface area contributed by atoms with Crippen LogP contribution in [0, 0.1) is 12.7 Å². The Labute approximate surface area is 104 Å². The van der Waals surface area contributed by atoms with Gasteiger partial charge < -0.3 is 11.1 Å². The van der Waals surface area contributed by atoms with Gasteiger partial charge in [0, 0.05) is 15.4 Å². The molecule has 0 saturated heterocycles. The molecule has 1 aromatic heterocycles. The summed E-state index contributed by atoms with van der Waals surface area (Å²) in [6.07, 6.45) is 0. The van der Waals surface area contributed by atoms with Gasteiger partial charge in [-0.15, -0.1) is 11.3 Å². The smallest absolute Gasteiger partial charge is 0.148 e. The molecule has 0 amide bonds. The Morgan fingerprint density at radius 2 is 2.06 bits per heavy atom. The van der Waals surface area contributed by atoms with Crippen LogP contribution in [0.15, 0.2) is 30.3 Å². The van der Waals surface area contributed by atoms with Crippen LogP contribution in [0.5, 0.6) is 0 Å². The molecule has 1 aromatic carbocycles. The van der Waals surface area contributed by atoms with Crippen molar-refractivity contribution < 1.29 is 4.39 Å². The number of hydrogen-bond acceptors (Lipinski definition) is 3. The molecule has 17 heavy (non-hydrogen) atoms. The van der Waals surface area contributed by atoms with Gasteiger partial charge in [-0.2, -0.15) is 0 Å². The van der Waals surface area contributed by atoms with Gasteiger partial charge in [-0.3, -0.25) is 0 Å². The molecular weight excluding hydrogens is 235 g/mol. The number of benzene rings is 1. The van der Waals surface area contributed by atoms with Crippen LogP contribution >= 0.6 is 11.3 Å². The van der Waals surface area contributed by atoms with Crippen molar-refractivity contribution in [3.05, 3.63) is 45.9 Å². The van der Waals surface area contributed by atoms with Gasteiger partial charge in [-0.05, 0) is 44.2 Å². The van der Waals surface area contributed by atoms with Crippen LogP contribution in [0.3, 0.4) is 0 Å². The summed E-state index contributed by atoms with van der Waals surface area (Å²) >= 11 is 1.71. The van der Waals surface area contributed by atoms with E-state index in [4.69, 9.17) is 5.73 Å². The average Bonchev–Trinajstić information content (AvgIpc) is 2.69. The number of halogens is 1. The summed E-state index contributed by atoms with van der Waals surface area (Å²) in [5, 5.41) is 3.15. The van der Waals surface area contributed by atoms with Crippen LogP contribution in [0.1, 0.15) is 22.7 Å². The molecule has 90 valence electrons. The van der Waals surface area contributed by atoms with Crippen molar-refractivity contribution in [3.8, 4) is 0 Å². The van der Waals surface area contributed by atoms with E-state index in [1.807, 2.05) is 6.92 Å². The Balaban J connectivity index is 2.15. The lowest BCUT2D eigenvalue weighted by atomic mass is 10.2. The number of nitrogens with two attached hydrogens (primary N) is 1. The Kier molecular flexibility index (Phi) is 3.33. The van der Waals surface area contributed by atoms with E-state index in [1.165, 1.54) is 15.8 Å². The molecule has 0 aliphatic heterocycles. The first-order chi connectivity index (χ1) is 8.06. The van der Waals surface area contributed by atoms with Crippen molar-refractivity contribution in [2.24, 2.45) is 0 Å². The van der Waals surface area contributed by atoms with Crippen LogP contribution in [0.2, 0.25) is 0 Å². The molecule has 0 aliphatic carbocycles. The molecule has 1 unspecified atom stereocenters. The number of thiophene rings is 1. The summed E-state index contributed by atoms with van der Waals surface area (Å²) in [6.45, 7) is 4.08. The minimum absolute atomic E-state index is 0.0897. The predicted octanol–water partition coefficient (Wildman–Crippen LogP) is 3.95. The second-order valence-electron chi connectivity index (χ2n) is 4.05. The molecular formula is C13H15FN2S. The second kappa shape index (κ2) is 4.75. The van der Waals surface area contributed by atoms with Gasteiger partial charge in [0.05, 0.1) is 11.7 Å². The van der Waals surface area contributed by atoms with Gasteiger partial charge in [0.25, 0.3) is 0 Å². The molecule has 1 atom stereocenters. The van der Waals surface area contributed by atoms with E-state index in [0.29, 0.717) is 11.4 Å². The number of nitrogen functional groups attached to an aromatic ring is 1. The van der Waals surface area contributed by atoms with Gasteiger partial charge in [0.1, 0.15) is 5.82 Å². The van der Waals surface area contributed by atoms with Gasteiger partial charge in [-0.25, -0.2) is 4.39 Å². The third-order valence-electron chi connectivity index (χ3n) is 2.55. The molecule has 1 heterocycles. The van der Waals surface area contributed by atoms with Crippen molar-refractivity contribution in [3.63, 3.8) is 0 Å². The maximum absolute atomic E-state index is 13.6. The topological polar surface area (TPSA) is 38.0 Å². The highest BCUT2D eigenvalue weighted by Crippen LogP contribution is 2.27. The molecule has 0 bridgehead atoms. The van der Waals surface area contributed by atoms with Gasteiger partial charge >= 0.3 is 0 Å². The molecule has 0 aliphatic rings. The number of aryl methyl sites for hydroxylation is 1. The first-order valence-electron chi connectivity index (χ1n) is 5.44. The lowest BCUT2D eigenvalue weighted by Crippen LogP contribution is -2.06. The Morgan fingerprint density at radius 3 is 2.65 bits per heavy atom. The summed E-state index contributed by atoms with van der Waals surface area (Å²) in [5.41, 5.74) is 6.43. The molecule has 2 nitrogen and oxygen atoms in total. The normalized spacial score (nSPS) is 12.4. The van der Waals surface area contributed by atoms with Crippen molar-refractivity contribution in [2.75, 3.05) is 11.1 Å². The van der Waals surface area contributed by atoms with Crippen LogP contribution in [0.25, 0.3) is 0 Å². The Hall–Kier alpha value is -1.55. The molecule has 2 rings (SSSR count). The van der Waals surface area contributed by atoms with Crippen molar-refractivity contribution in [1.82, 2.24) is 0 Å². The SMILES string of the molecule is Cc1ccc(C(C)Nc2ccc(N)cc2F)s1. The molecule has 0 saturated carbocycles. The van der Waals surface area contributed by atoms with Gasteiger partial charge in [0.15, 0.2) is 0 Å². The third-order valence-corrected chi connectivity index (χ3v) is 3.74. The molecule has 0 fully saturated rings. The first kappa shape index (κ1) is 11.9. The zero-order valence-electron chi connectivity index (χ0n) is 9.83. The lowest BCUT2D eigenvalue weighted by Gasteiger charge is -2.14. The summed E-state index contributed by atoms with van der Waals surface area (Å²) < 4.78 is 13.6. The van der Waals surface area contributed by atoms with Crippen molar-refractivity contribution in [1.29, 1.82) is 0 Å². The molecule has 4 heteroatoms. The molecule has 0 radical (unpaired) electrons. The van der Waals surface area contributed by atoms with Crippen LogP contribution in [-0.4, -0.2) is 0 Å². The Morgan fingerprint density at radius 1 is 1.29 bits per heavy atom. The maximum atomic E-state index is 13.6. The van der Waals surface area contributed by atoms with Crippen LogP contribution < -0.4 is 11.1 Å². The first-order valence-corrected chi connectivity index (χ1v) is 6.26. The minimum atomic E-state index is -0.315. The highest BCUT2D eigenvalue weighted by atomic mass is 32.1. The quantitative estimate of drug-likeness (QED) is 0.809. The van der Waals surface area contributed by atoms with Gasteiger partial charge in [-0.1, -0.05) is 0 Å². The monoisotopic (exact) mass is 250 g/mol. The third kappa shape index (κ3) is 2.77. The van der Waals surface area contributed by atoms with E-state index in [9.17, 15) is 4.39 Å². The van der Waals surface area contributed by atoms with E-state index < -0.39 is 0 Å². The summed E-state index contributed by atoms with van der Waals surface area (Å²) in [5.74, 6) is -0.315. The van der Waals surface area contributed by atoms with E-state index in [2.05, 4.69) is 24.4 Å². The molecule has 0 spiro atoms. The summed E-state index contributed by atoms with van der Waals surface area (Å²) in [7, 11) is 0. The number of nitrogens with one attached hydrogen (secondary N) is 1. The van der Waals surface area contributed by atoms with E-state index in [0.717, 1.165) is 0 Å². The zero-order valence-corrected chi connectivity index (χ0v) is 10.6. The van der Waals surface area contributed by atoms with E-state index >= 15 is 0 Å². The largest absolute Gasteiger partial charge is 0.399 e. The van der Waals surface area contributed by atoms with E-state index in [1.54, 1.807) is 23.5 Å². The fraction of sp³-hybridized carbons (Fsp3) is 0.231. The fourth-order valence-electron chi connectivity index (χ4n) is 1.64. The van der Waals surface area contributed by atoms with E-state index in [-0.39, 0.29) is 11.9 Å². The van der Waals surface area contributed by atoms with Crippen molar-refractivity contribution >= 4 is 22.7 Å². The zero-order chi connectivity index (χ0) is 12.4. The number of rotatable bonds is 3. The standard InChI is InChI=1S/C13H15FN2S/c1-8-3-6-13(17-8)9(2)16-12-5-4-10(15)7-11(12)14/h3-7,9,16H,15H2,1-2H3. The highest BCUT2D eigenvalue weighted by Gasteiger charge is 2.10. The predicted molar refractivity (Wildman–Crippen MR) is 71.9 cm³/mol. The van der Waals surface area contributed by atoms with Gasteiger partial charge in [0.2, 0.25) is 0 Å². The highest BCUT2D eigenvalue weighted by molar-refractivity contribution is 7.12. The number of anilines is 2. The molecule has 2 aromatic rings. The van der Waals surface area contributed by atoms with Crippen molar-refractivity contribution in [2.45, 2.75) is 19.9 Å². The molecule has 3 N–H and O–H groups in total.